The van der Waals surface area contributed by atoms with E-state index in [2.05, 4.69) is 26.3 Å². The normalized spacial score (nSPS) is 27.4. The molecule has 2 unspecified atom stereocenters. The van der Waals surface area contributed by atoms with Crippen LogP contribution < -0.4 is 21.3 Å². The number of thioether (sulfide) groups is 1. The highest BCUT2D eigenvalue weighted by Crippen LogP contribution is 2.47. The maximum absolute atomic E-state index is 15.4. The molecule has 0 radical (unpaired) electrons. The van der Waals surface area contributed by atoms with Crippen LogP contribution in [-0.4, -0.2) is 60.2 Å². The lowest BCUT2D eigenvalue weighted by Crippen LogP contribution is -2.66. The number of rotatable bonds is 5. The number of aliphatic imine (C=N–C) groups is 1. The van der Waals surface area contributed by atoms with Gasteiger partial charge in [0.05, 0.1) is 24.9 Å². The van der Waals surface area contributed by atoms with Gasteiger partial charge in [0, 0.05) is 23.1 Å². The first-order chi connectivity index (χ1) is 17.9. The summed E-state index contributed by atoms with van der Waals surface area (Å²) in [6.07, 6.45) is -1.61. The number of nitrogens with zero attached hydrogens (tertiary/aromatic N) is 1. The molecule has 0 saturated carbocycles. The lowest BCUT2D eigenvalue weighted by atomic mass is 9.73. The summed E-state index contributed by atoms with van der Waals surface area (Å²) in [6.45, 7) is 7.74. The third-order valence-electron chi connectivity index (χ3n) is 6.51. The fourth-order valence-corrected chi connectivity index (χ4v) is 6.27. The summed E-state index contributed by atoms with van der Waals surface area (Å²) in [6, 6.07) is 4.21. The number of alkyl halides is 2. The number of halogens is 3. The van der Waals surface area contributed by atoms with Crippen molar-refractivity contribution >= 4 is 35.2 Å². The van der Waals surface area contributed by atoms with Gasteiger partial charge >= 0.3 is 6.09 Å². The molecule has 0 aromatic heterocycles. The quantitative estimate of drug-likeness (QED) is 0.439. The zero-order valence-corrected chi connectivity index (χ0v) is 22.4. The Labute approximate surface area is 223 Å². The number of carbonyl (C=O) groups excluding carboxylic acids is 2. The van der Waals surface area contributed by atoms with Crippen molar-refractivity contribution in [1.82, 2.24) is 16.0 Å². The summed E-state index contributed by atoms with van der Waals surface area (Å²) in [4.78, 5) is 28.9. The van der Waals surface area contributed by atoms with Gasteiger partial charge in [-0.3, -0.25) is 20.4 Å². The predicted molar refractivity (Wildman–Crippen MR) is 139 cm³/mol. The van der Waals surface area contributed by atoms with Crippen molar-refractivity contribution in [3.63, 3.8) is 0 Å². The maximum atomic E-state index is 15.4. The number of nitrogens with one attached hydrogen (secondary N) is 4. The molecule has 38 heavy (non-hydrogen) atoms. The van der Waals surface area contributed by atoms with Gasteiger partial charge in [-0.1, -0.05) is 6.92 Å². The van der Waals surface area contributed by atoms with Gasteiger partial charge in [0.25, 0.3) is 12.3 Å². The van der Waals surface area contributed by atoms with Crippen molar-refractivity contribution in [3.05, 3.63) is 41.5 Å². The number of alkyl carbamates (subject to hydrolysis) is 1. The molecule has 0 bridgehead atoms. The molecule has 2 fully saturated rings. The van der Waals surface area contributed by atoms with E-state index in [1.54, 1.807) is 20.8 Å². The Kier molecular flexibility index (Phi) is 8.29. The average molecular weight is 556 g/mol. The second kappa shape index (κ2) is 11.1. The van der Waals surface area contributed by atoms with Crippen LogP contribution in [0.3, 0.4) is 0 Å². The van der Waals surface area contributed by atoms with Gasteiger partial charge in [-0.15, -0.1) is 11.8 Å². The van der Waals surface area contributed by atoms with E-state index < -0.39 is 40.9 Å². The van der Waals surface area contributed by atoms with Gasteiger partial charge in [0.2, 0.25) is 0 Å². The van der Waals surface area contributed by atoms with Gasteiger partial charge in [0.15, 0.2) is 0 Å². The SMILES string of the molecule is C[C@H]1SC(NC(=O)OC(C)(C)C)N[C@@]2(c3cc(NC(=O)C4=CN=C(C(F)F)CN4)ccc3F)COCCC12. The van der Waals surface area contributed by atoms with E-state index in [1.165, 1.54) is 30.0 Å². The molecule has 0 spiro atoms. The summed E-state index contributed by atoms with van der Waals surface area (Å²) in [7, 11) is 0. The molecule has 4 rings (SSSR count). The molecule has 2 saturated heterocycles. The second-order valence-electron chi connectivity index (χ2n) is 10.4. The molecule has 2 amide bonds. The number of amides is 2. The smallest absolute Gasteiger partial charge is 0.409 e. The Bertz CT molecular complexity index is 1140. The second-order valence-corrected chi connectivity index (χ2v) is 11.9. The van der Waals surface area contributed by atoms with Crippen LogP contribution in [0, 0.1) is 11.7 Å². The Morgan fingerprint density at radius 2 is 2.08 bits per heavy atom. The highest BCUT2D eigenvalue weighted by Gasteiger charge is 2.52. The zero-order chi connectivity index (χ0) is 27.7. The van der Waals surface area contributed by atoms with E-state index in [1.807, 2.05) is 6.92 Å². The van der Waals surface area contributed by atoms with Crippen molar-refractivity contribution in [2.75, 3.05) is 25.1 Å². The lowest BCUT2D eigenvalue weighted by molar-refractivity contribution is -0.113. The highest BCUT2D eigenvalue weighted by atomic mass is 32.2. The van der Waals surface area contributed by atoms with Crippen LogP contribution in [0.2, 0.25) is 0 Å². The molecule has 0 aliphatic carbocycles. The van der Waals surface area contributed by atoms with Crippen molar-refractivity contribution in [3.8, 4) is 0 Å². The standard InChI is InChI=1S/C25H32F3N5O4S/c1-13-15-7-8-36-12-25(15,33-22(38-13)32-23(35)37-24(2,3)4)16-9-14(5-6-17(16)26)31-21(34)19-11-29-18(10-30-19)20(27)28/h5-6,9,11,13,15,20,22,30,33H,7-8,10,12H2,1-4H3,(H,31,34)(H,32,35)/t13-,15?,22?,25+/m1/s1. The van der Waals surface area contributed by atoms with E-state index >= 15 is 4.39 Å². The summed E-state index contributed by atoms with van der Waals surface area (Å²) in [5.41, 5.74) is -2.03. The van der Waals surface area contributed by atoms with E-state index in [-0.39, 0.29) is 41.3 Å². The molecule has 1 aromatic carbocycles. The maximum Gasteiger partial charge on any atom is 0.409 e. The topological polar surface area (TPSA) is 113 Å². The number of hydrogen-bond donors (Lipinski definition) is 4. The minimum Gasteiger partial charge on any atom is -0.444 e. The fourth-order valence-electron chi connectivity index (χ4n) is 4.84. The Morgan fingerprint density at radius 1 is 1.32 bits per heavy atom. The van der Waals surface area contributed by atoms with Crippen LogP contribution in [0.15, 0.2) is 35.1 Å². The van der Waals surface area contributed by atoms with Crippen LogP contribution in [-0.2, 0) is 19.8 Å². The molecule has 1 aromatic rings. The van der Waals surface area contributed by atoms with Crippen molar-refractivity contribution in [1.29, 1.82) is 0 Å². The fraction of sp³-hybridized carbons (Fsp3) is 0.560. The molecule has 9 nitrogen and oxygen atoms in total. The van der Waals surface area contributed by atoms with E-state index in [0.717, 1.165) is 6.20 Å². The number of ether oxygens (including phenoxy) is 2. The van der Waals surface area contributed by atoms with E-state index in [0.29, 0.717) is 18.7 Å². The lowest BCUT2D eigenvalue weighted by Gasteiger charge is -2.53. The number of benzene rings is 1. The number of fused-ring (bicyclic) bond motifs is 1. The monoisotopic (exact) mass is 555 g/mol. The summed E-state index contributed by atoms with van der Waals surface area (Å²) in [5.74, 6) is -1.14. The minimum atomic E-state index is -2.72. The predicted octanol–water partition coefficient (Wildman–Crippen LogP) is 3.68. The zero-order valence-electron chi connectivity index (χ0n) is 21.6. The number of carbonyl (C=O) groups is 2. The largest absolute Gasteiger partial charge is 0.444 e. The first-order valence-corrected chi connectivity index (χ1v) is 13.2. The summed E-state index contributed by atoms with van der Waals surface area (Å²) in [5, 5.41) is 11.5. The van der Waals surface area contributed by atoms with E-state index in [4.69, 9.17) is 9.47 Å². The molecule has 13 heteroatoms. The van der Waals surface area contributed by atoms with Crippen molar-refractivity contribution in [2.45, 2.75) is 62.4 Å². The van der Waals surface area contributed by atoms with Crippen LogP contribution in [0.25, 0.3) is 0 Å². The molecule has 3 aliphatic heterocycles. The van der Waals surface area contributed by atoms with Crippen LogP contribution >= 0.6 is 11.8 Å². The first-order valence-electron chi connectivity index (χ1n) is 12.3. The van der Waals surface area contributed by atoms with Gasteiger partial charge in [-0.2, -0.15) is 0 Å². The van der Waals surface area contributed by atoms with Crippen molar-refractivity contribution < 1.29 is 32.2 Å². The minimum absolute atomic E-state index is 0.0137. The Balaban J connectivity index is 1.59. The van der Waals surface area contributed by atoms with Crippen LogP contribution in [0.1, 0.15) is 39.7 Å². The first kappa shape index (κ1) is 28.2. The summed E-state index contributed by atoms with van der Waals surface area (Å²) >= 11 is 1.51. The molecule has 208 valence electrons. The van der Waals surface area contributed by atoms with Gasteiger partial charge in [0.1, 0.15) is 28.3 Å². The van der Waals surface area contributed by atoms with Crippen LogP contribution in [0.4, 0.5) is 23.7 Å². The molecule has 4 N–H and O–H groups in total. The number of hydrogen-bond acceptors (Lipinski definition) is 8. The average Bonchev–Trinajstić information content (AvgIpc) is 2.84. The molecular formula is C25H32F3N5O4S. The molecule has 3 heterocycles. The Morgan fingerprint density at radius 3 is 2.74 bits per heavy atom. The molecule has 3 aliphatic rings. The summed E-state index contributed by atoms with van der Waals surface area (Å²) < 4.78 is 52.2. The third-order valence-corrected chi connectivity index (χ3v) is 7.78. The van der Waals surface area contributed by atoms with Gasteiger partial charge < -0.3 is 20.1 Å². The third kappa shape index (κ3) is 6.26. The number of anilines is 1. The van der Waals surface area contributed by atoms with E-state index in [9.17, 15) is 18.4 Å². The van der Waals surface area contributed by atoms with Crippen LogP contribution in [0.5, 0.6) is 0 Å². The van der Waals surface area contributed by atoms with Gasteiger partial charge in [-0.25, -0.2) is 18.0 Å². The van der Waals surface area contributed by atoms with Gasteiger partial charge in [-0.05, 0) is 51.3 Å². The molecule has 4 atom stereocenters. The Hall–Kier alpha value is -2.77. The van der Waals surface area contributed by atoms with Crippen molar-refractivity contribution in [2.24, 2.45) is 10.9 Å². The molecular weight excluding hydrogens is 523 g/mol. The highest BCUT2D eigenvalue weighted by molar-refractivity contribution is 8.00.